The lowest BCUT2D eigenvalue weighted by atomic mass is 10.0. The molecule has 19 heavy (non-hydrogen) atoms. The zero-order valence-corrected chi connectivity index (χ0v) is 12.9. The lowest BCUT2D eigenvalue weighted by Gasteiger charge is -2.32. The summed E-state index contributed by atoms with van der Waals surface area (Å²) in [6.45, 7) is 9.82. The minimum Gasteiger partial charge on any atom is -0.364 e. The molecule has 0 spiro atoms. The van der Waals surface area contributed by atoms with E-state index >= 15 is 0 Å². The van der Waals surface area contributed by atoms with Crippen LogP contribution in [0.5, 0.6) is 0 Å². The van der Waals surface area contributed by atoms with E-state index in [1.165, 1.54) is 0 Å². The first kappa shape index (κ1) is 15.7. The molecule has 108 valence electrons. The van der Waals surface area contributed by atoms with E-state index in [1.54, 1.807) is 17.0 Å². The highest BCUT2D eigenvalue weighted by Gasteiger charge is 2.20. The maximum absolute atomic E-state index is 12.2. The number of hydrogen-bond acceptors (Lipinski definition) is 4. The molecule has 0 aromatic carbocycles. The normalized spacial score (nSPS) is 12.2. The van der Waals surface area contributed by atoms with Crippen molar-refractivity contribution >= 4 is 5.82 Å². The van der Waals surface area contributed by atoms with Gasteiger partial charge in [-0.15, -0.1) is 0 Å². The van der Waals surface area contributed by atoms with Crippen molar-refractivity contribution in [2.24, 2.45) is 5.92 Å². The molecule has 1 N–H and O–H groups in total. The molecule has 1 rings (SSSR count). The summed E-state index contributed by atoms with van der Waals surface area (Å²) >= 11 is 0. The molecule has 0 bridgehead atoms. The van der Waals surface area contributed by atoms with Gasteiger partial charge in [-0.25, -0.2) is 4.98 Å². The van der Waals surface area contributed by atoms with Crippen LogP contribution in [0, 0.1) is 5.92 Å². The largest absolute Gasteiger partial charge is 0.364 e. The van der Waals surface area contributed by atoms with Crippen LogP contribution in [0.3, 0.4) is 0 Å². The van der Waals surface area contributed by atoms with Crippen LogP contribution in [-0.4, -0.2) is 40.6 Å². The third-order valence-corrected chi connectivity index (χ3v) is 3.37. The second-order valence-corrected chi connectivity index (χ2v) is 6.19. The van der Waals surface area contributed by atoms with Gasteiger partial charge in [0.05, 0.1) is 0 Å². The average molecular weight is 266 g/mol. The van der Waals surface area contributed by atoms with Gasteiger partial charge in [-0.3, -0.25) is 4.79 Å². The van der Waals surface area contributed by atoms with Gasteiger partial charge in [0.15, 0.2) is 5.82 Å². The number of likely N-dealkylation sites (N-methyl/N-ethyl adjacent to an activating group) is 1. The van der Waals surface area contributed by atoms with Crippen LogP contribution < -0.4 is 10.9 Å². The molecule has 0 amide bonds. The minimum absolute atomic E-state index is 0.0349. The number of rotatable bonds is 6. The third kappa shape index (κ3) is 4.35. The van der Waals surface area contributed by atoms with Gasteiger partial charge in [-0.05, 0) is 33.9 Å². The molecule has 0 aliphatic heterocycles. The topological polar surface area (TPSA) is 50.2 Å². The fourth-order valence-corrected chi connectivity index (χ4v) is 1.56. The molecule has 5 nitrogen and oxygen atoms in total. The van der Waals surface area contributed by atoms with E-state index in [1.807, 2.05) is 14.1 Å². The average Bonchev–Trinajstić information content (AvgIpc) is 2.29. The summed E-state index contributed by atoms with van der Waals surface area (Å²) in [5.74, 6) is 0.865. The molecule has 0 saturated carbocycles. The Morgan fingerprint density at radius 3 is 2.58 bits per heavy atom. The molecule has 5 heteroatoms. The molecular formula is C14H26N4O. The molecule has 0 saturated heterocycles. The first-order chi connectivity index (χ1) is 8.74. The van der Waals surface area contributed by atoms with Gasteiger partial charge in [0.25, 0.3) is 5.56 Å². The standard InChI is InChI=1S/C14H26N4O/c1-11(2)9-18-8-7-15-12(13(18)19)16-10-14(3,4)17(5)6/h7-8,11H,9-10H2,1-6H3,(H,15,16). The molecule has 0 aliphatic rings. The molecule has 1 aromatic heterocycles. The molecule has 0 unspecified atom stereocenters. The molecule has 1 heterocycles. The zero-order valence-electron chi connectivity index (χ0n) is 12.9. The van der Waals surface area contributed by atoms with Crippen molar-refractivity contribution in [3.63, 3.8) is 0 Å². The fraction of sp³-hybridized carbons (Fsp3) is 0.714. The predicted octanol–water partition coefficient (Wildman–Crippen LogP) is 1.65. The fourth-order valence-electron chi connectivity index (χ4n) is 1.56. The quantitative estimate of drug-likeness (QED) is 0.850. The van der Waals surface area contributed by atoms with Gasteiger partial charge >= 0.3 is 0 Å². The molecule has 0 radical (unpaired) electrons. The Morgan fingerprint density at radius 1 is 1.42 bits per heavy atom. The lowest BCUT2D eigenvalue weighted by Crippen LogP contribution is -2.45. The number of nitrogens with zero attached hydrogens (tertiary/aromatic N) is 3. The van der Waals surface area contributed by atoms with Crippen molar-refractivity contribution in [2.75, 3.05) is 26.0 Å². The second kappa shape index (κ2) is 6.19. The van der Waals surface area contributed by atoms with E-state index in [9.17, 15) is 4.79 Å². The van der Waals surface area contributed by atoms with Crippen molar-refractivity contribution in [3.8, 4) is 0 Å². The molecule has 1 aromatic rings. The maximum Gasteiger partial charge on any atom is 0.293 e. The summed E-state index contributed by atoms with van der Waals surface area (Å²) in [6, 6.07) is 0. The van der Waals surface area contributed by atoms with Gasteiger partial charge in [-0.1, -0.05) is 13.8 Å². The number of nitrogens with one attached hydrogen (secondary N) is 1. The van der Waals surface area contributed by atoms with Gasteiger partial charge in [0.1, 0.15) is 0 Å². The van der Waals surface area contributed by atoms with Crippen LogP contribution in [0.15, 0.2) is 17.2 Å². The molecular weight excluding hydrogens is 240 g/mol. The highest BCUT2D eigenvalue weighted by atomic mass is 16.1. The van der Waals surface area contributed by atoms with Crippen LogP contribution in [-0.2, 0) is 6.54 Å². The van der Waals surface area contributed by atoms with Crippen LogP contribution in [0.2, 0.25) is 0 Å². The van der Waals surface area contributed by atoms with Crippen molar-refractivity contribution in [1.29, 1.82) is 0 Å². The second-order valence-electron chi connectivity index (χ2n) is 6.19. The SMILES string of the molecule is CC(C)Cn1ccnc(NCC(C)(C)N(C)C)c1=O. The summed E-state index contributed by atoms with van der Waals surface area (Å²) < 4.78 is 1.71. The summed E-state index contributed by atoms with van der Waals surface area (Å²) in [6.07, 6.45) is 3.42. The zero-order chi connectivity index (χ0) is 14.6. The molecule has 0 aliphatic carbocycles. The summed E-state index contributed by atoms with van der Waals surface area (Å²) in [4.78, 5) is 18.5. The summed E-state index contributed by atoms with van der Waals surface area (Å²) in [7, 11) is 4.05. The maximum atomic E-state index is 12.2. The minimum atomic E-state index is -0.0502. The van der Waals surface area contributed by atoms with E-state index in [2.05, 4.69) is 42.9 Å². The lowest BCUT2D eigenvalue weighted by molar-refractivity contribution is 0.210. The van der Waals surface area contributed by atoms with Gasteiger partial charge in [0.2, 0.25) is 0 Å². The summed E-state index contributed by atoms with van der Waals surface area (Å²) in [5.41, 5.74) is -0.0851. The Bertz CT molecular complexity index is 463. The van der Waals surface area contributed by atoms with E-state index in [4.69, 9.17) is 0 Å². The molecule has 0 fully saturated rings. The van der Waals surface area contributed by atoms with E-state index in [0.717, 1.165) is 0 Å². The van der Waals surface area contributed by atoms with E-state index < -0.39 is 0 Å². The first-order valence-electron chi connectivity index (χ1n) is 6.71. The van der Waals surface area contributed by atoms with Crippen molar-refractivity contribution in [3.05, 3.63) is 22.7 Å². The first-order valence-corrected chi connectivity index (χ1v) is 6.71. The van der Waals surface area contributed by atoms with Crippen LogP contribution in [0.4, 0.5) is 5.82 Å². The van der Waals surface area contributed by atoms with Crippen molar-refractivity contribution < 1.29 is 0 Å². The smallest absolute Gasteiger partial charge is 0.293 e. The highest BCUT2D eigenvalue weighted by molar-refractivity contribution is 5.31. The molecule has 0 atom stereocenters. The number of anilines is 1. The Balaban J connectivity index is 2.83. The number of hydrogen-bond donors (Lipinski definition) is 1. The van der Waals surface area contributed by atoms with Gasteiger partial charge in [-0.2, -0.15) is 0 Å². The van der Waals surface area contributed by atoms with Crippen LogP contribution in [0.25, 0.3) is 0 Å². The van der Waals surface area contributed by atoms with Gasteiger partial charge in [0, 0.05) is 31.0 Å². The Kier molecular flexibility index (Phi) is 5.11. The highest BCUT2D eigenvalue weighted by Crippen LogP contribution is 2.10. The third-order valence-electron chi connectivity index (χ3n) is 3.37. The van der Waals surface area contributed by atoms with Crippen molar-refractivity contribution in [2.45, 2.75) is 39.8 Å². The Hall–Kier alpha value is -1.36. The number of aromatic nitrogens is 2. The van der Waals surface area contributed by atoms with E-state index in [-0.39, 0.29) is 11.1 Å². The summed E-state index contributed by atoms with van der Waals surface area (Å²) in [5, 5.41) is 3.16. The Labute approximate surface area is 115 Å². The van der Waals surface area contributed by atoms with Crippen LogP contribution in [0.1, 0.15) is 27.7 Å². The Morgan fingerprint density at radius 2 is 2.05 bits per heavy atom. The predicted molar refractivity (Wildman–Crippen MR) is 79.6 cm³/mol. The van der Waals surface area contributed by atoms with E-state index in [0.29, 0.717) is 24.8 Å². The van der Waals surface area contributed by atoms with Crippen molar-refractivity contribution in [1.82, 2.24) is 14.5 Å². The monoisotopic (exact) mass is 266 g/mol. The van der Waals surface area contributed by atoms with Gasteiger partial charge < -0.3 is 14.8 Å². The van der Waals surface area contributed by atoms with Crippen LogP contribution >= 0.6 is 0 Å².